The van der Waals surface area contributed by atoms with Gasteiger partial charge in [0.1, 0.15) is 0 Å². The average molecular weight is 296 g/mol. The molecule has 1 aliphatic carbocycles. The largest absolute Gasteiger partial charge is 0.493 e. The highest BCUT2D eigenvalue weighted by Gasteiger charge is 2.41. The lowest BCUT2D eigenvalue weighted by molar-refractivity contribution is 0.0982. The van der Waals surface area contributed by atoms with Gasteiger partial charge < -0.3 is 9.47 Å². The summed E-state index contributed by atoms with van der Waals surface area (Å²) in [6, 6.07) is 12.1. The molecule has 0 spiro atoms. The minimum Gasteiger partial charge on any atom is -0.493 e. The van der Waals surface area contributed by atoms with E-state index in [9.17, 15) is 4.79 Å². The standard InChI is InChI=1S/C19H20O3/c1-12-5-7-13(8-6-12)19(2)11-16(20)14-9-17(21-3)18(22-4)10-15(14)19/h5-10H,11H2,1-4H3. The van der Waals surface area contributed by atoms with E-state index in [1.165, 1.54) is 5.56 Å². The Labute approximate surface area is 130 Å². The van der Waals surface area contributed by atoms with E-state index in [0.29, 0.717) is 17.9 Å². The number of ether oxygens (including phenoxy) is 2. The molecule has 2 aromatic rings. The number of fused-ring (bicyclic) bond motifs is 1. The van der Waals surface area contributed by atoms with Gasteiger partial charge in [0.05, 0.1) is 14.2 Å². The highest BCUT2D eigenvalue weighted by molar-refractivity contribution is 6.03. The van der Waals surface area contributed by atoms with Gasteiger partial charge in [0.2, 0.25) is 0 Å². The van der Waals surface area contributed by atoms with Crippen molar-refractivity contribution in [1.82, 2.24) is 0 Å². The molecule has 22 heavy (non-hydrogen) atoms. The SMILES string of the molecule is COc1cc2c(cc1OC)C(C)(c1ccc(C)cc1)CC2=O. The molecule has 0 radical (unpaired) electrons. The third-order valence-electron chi connectivity index (χ3n) is 4.62. The lowest BCUT2D eigenvalue weighted by Gasteiger charge is -2.26. The number of carbonyl (C=O) groups is 1. The molecule has 3 heteroatoms. The number of methoxy groups -OCH3 is 2. The first-order valence-corrected chi connectivity index (χ1v) is 7.36. The van der Waals surface area contributed by atoms with Crippen LogP contribution in [0, 0.1) is 6.92 Å². The summed E-state index contributed by atoms with van der Waals surface area (Å²) >= 11 is 0. The average Bonchev–Trinajstić information content (AvgIpc) is 2.78. The Kier molecular flexibility index (Phi) is 3.44. The number of ketones is 1. The van der Waals surface area contributed by atoms with Crippen molar-refractivity contribution in [2.45, 2.75) is 25.7 Å². The van der Waals surface area contributed by atoms with Crippen molar-refractivity contribution in [2.24, 2.45) is 0 Å². The van der Waals surface area contributed by atoms with Crippen LogP contribution >= 0.6 is 0 Å². The van der Waals surface area contributed by atoms with Crippen molar-refractivity contribution in [2.75, 3.05) is 14.2 Å². The Hall–Kier alpha value is -2.29. The number of hydrogen-bond acceptors (Lipinski definition) is 3. The Morgan fingerprint density at radius 3 is 2.18 bits per heavy atom. The molecule has 0 aromatic heterocycles. The van der Waals surface area contributed by atoms with Crippen molar-refractivity contribution in [3.8, 4) is 11.5 Å². The first-order valence-electron chi connectivity index (χ1n) is 7.36. The molecular weight excluding hydrogens is 276 g/mol. The molecule has 0 heterocycles. The van der Waals surface area contributed by atoms with Crippen molar-refractivity contribution >= 4 is 5.78 Å². The van der Waals surface area contributed by atoms with E-state index >= 15 is 0 Å². The predicted octanol–water partition coefficient (Wildman–Crippen LogP) is 3.90. The van der Waals surface area contributed by atoms with Crippen LogP contribution in [0.1, 0.15) is 40.4 Å². The molecule has 1 aliphatic rings. The topological polar surface area (TPSA) is 35.5 Å². The van der Waals surface area contributed by atoms with Crippen molar-refractivity contribution in [3.05, 3.63) is 58.7 Å². The highest BCUT2D eigenvalue weighted by atomic mass is 16.5. The molecular formula is C19H20O3. The van der Waals surface area contributed by atoms with Crippen LogP contribution in [0.3, 0.4) is 0 Å². The molecule has 0 N–H and O–H groups in total. The van der Waals surface area contributed by atoms with Crippen LogP contribution in [0.2, 0.25) is 0 Å². The van der Waals surface area contributed by atoms with Crippen LogP contribution in [-0.2, 0) is 5.41 Å². The van der Waals surface area contributed by atoms with Gasteiger partial charge in [0, 0.05) is 17.4 Å². The predicted molar refractivity (Wildman–Crippen MR) is 86.1 cm³/mol. The fourth-order valence-electron chi connectivity index (χ4n) is 3.26. The quantitative estimate of drug-likeness (QED) is 0.861. The van der Waals surface area contributed by atoms with Gasteiger partial charge in [0.25, 0.3) is 0 Å². The van der Waals surface area contributed by atoms with Gasteiger partial charge >= 0.3 is 0 Å². The van der Waals surface area contributed by atoms with Crippen LogP contribution in [0.4, 0.5) is 0 Å². The molecule has 0 saturated heterocycles. The van der Waals surface area contributed by atoms with Gasteiger partial charge in [-0.2, -0.15) is 0 Å². The smallest absolute Gasteiger partial charge is 0.164 e. The van der Waals surface area contributed by atoms with Gasteiger partial charge in [-0.05, 0) is 30.2 Å². The number of Topliss-reactive ketones (excluding diaryl/α,β-unsaturated/α-hetero) is 1. The van der Waals surface area contributed by atoms with Crippen LogP contribution in [0.25, 0.3) is 0 Å². The van der Waals surface area contributed by atoms with Crippen LogP contribution in [0.5, 0.6) is 11.5 Å². The molecule has 0 fully saturated rings. The Morgan fingerprint density at radius 2 is 1.59 bits per heavy atom. The summed E-state index contributed by atoms with van der Waals surface area (Å²) in [6.07, 6.45) is 0.474. The molecule has 0 bridgehead atoms. The van der Waals surface area contributed by atoms with E-state index in [-0.39, 0.29) is 11.2 Å². The van der Waals surface area contributed by atoms with E-state index in [4.69, 9.17) is 9.47 Å². The number of rotatable bonds is 3. The maximum atomic E-state index is 12.5. The first kappa shape index (κ1) is 14.6. The molecule has 2 aromatic carbocycles. The minimum atomic E-state index is -0.320. The molecule has 3 nitrogen and oxygen atoms in total. The number of benzene rings is 2. The molecule has 1 unspecified atom stereocenters. The van der Waals surface area contributed by atoms with Crippen molar-refractivity contribution in [3.63, 3.8) is 0 Å². The number of aryl methyl sites for hydroxylation is 1. The Balaban J connectivity index is 2.19. The van der Waals surface area contributed by atoms with Gasteiger partial charge in [-0.25, -0.2) is 0 Å². The van der Waals surface area contributed by atoms with Crippen molar-refractivity contribution in [1.29, 1.82) is 0 Å². The summed E-state index contributed by atoms with van der Waals surface area (Å²) in [4.78, 5) is 12.5. The van der Waals surface area contributed by atoms with E-state index in [0.717, 1.165) is 16.7 Å². The summed E-state index contributed by atoms with van der Waals surface area (Å²) in [5.41, 5.74) is 3.79. The summed E-state index contributed by atoms with van der Waals surface area (Å²) in [6.45, 7) is 4.18. The summed E-state index contributed by atoms with van der Waals surface area (Å²) in [5.74, 6) is 1.41. The second-order valence-corrected chi connectivity index (χ2v) is 6.05. The van der Waals surface area contributed by atoms with Crippen LogP contribution < -0.4 is 9.47 Å². The summed E-state index contributed by atoms with van der Waals surface area (Å²) < 4.78 is 10.7. The molecule has 0 amide bonds. The summed E-state index contributed by atoms with van der Waals surface area (Å²) in [5, 5.41) is 0. The second kappa shape index (κ2) is 5.16. The third-order valence-corrected chi connectivity index (χ3v) is 4.62. The summed E-state index contributed by atoms with van der Waals surface area (Å²) in [7, 11) is 3.20. The lowest BCUT2D eigenvalue weighted by atomic mass is 9.77. The molecule has 0 saturated carbocycles. The van der Waals surface area contributed by atoms with E-state index in [1.807, 2.05) is 6.07 Å². The fourth-order valence-corrected chi connectivity index (χ4v) is 3.26. The van der Waals surface area contributed by atoms with Gasteiger partial charge in [0.15, 0.2) is 17.3 Å². The van der Waals surface area contributed by atoms with E-state index < -0.39 is 0 Å². The number of carbonyl (C=O) groups excluding carboxylic acids is 1. The van der Waals surface area contributed by atoms with Gasteiger partial charge in [-0.1, -0.05) is 36.8 Å². The molecule has 3 rings (SSSR count). The molecule has 114 valence electrons. The Bertz CT molecular complexity index is 731. The zero-order valence-corrected chi connectivity index (χ0v) is 13.4. The Morgan fingerprint density at radius 1 is 1.00 bits per heavy atom. The van der Waals surface area contributed by atoms with Gasteiger partial charge in [-0.15, -0.1) is 0 Å². The molecule has 0 aliphatic heterocycles. The minimum absolute atomic E-state index is 0.152. The molecule has 1 atom stereocenters. The third kappa shape index (κ3) is 2.08. The van der Waals surface area contributed by atoms with E-state index in [1.54, 1.807) is 20.3 Å². The first-order chi connectivity index (χ1) is 10.5. The zero-order valence-electron chi connectivity index (χ0n) is 13.4. The maximum absolute atomic E-state index is 12.5. The highest BCUT2D eigenvalue weighted by Crippen LogP contribution is 2.47. The lowest BCUT2D eigenvalue weighted by Crippen LogP contribution is -2.20. The second-order valence-electron chi connectivity index (χ2n) is 6.05. The zero-order chi connectivity index (χ0) is 15.9. The normalized spacial score (nSPS) is 19.9. The maximum Gasteiger partial charge on any atom is 0.164 e. The monoisotopic (exact) mass is 296 g/mol. The van der Waals surface area contributed by atoms with Gasteiger partial charge in [-0.3, -0.25) is 4.79 Å². The number of hydrogen-bond donors (Lipinski definition) is 0. The fraction of sp³-hybridized carbons (Fsp3) is 0.316. The van der Waals surface area contributed by atoms with Crippen molar-refractivity contribution < 1.29 is 14.3 Å². The van der Waals surface area contributed by atoms with Crippen LogP contribution in [-0.4, -0.2) is 20.0 Å². The van der Waals surface area contributed by atoms with Crippen LogP contribution in [0.15, 0.2) is 36.4 Å². The van der Waals surface area contributed by atoms with E-state index in [2.05, 4.69) is 38.1 Å².